The molecule has 2 aromatic heterocycles. The molecule has 0 aliphatic heterocycles. The average Bonchev–Trinajstić information content (AvgIpc) is 2.81. The maximum Gasteiger partial charge on any atom is 0.240 e. The number of rotatable bonds is 4. The Morgan fingerprint density at radius 3 is 2.81 bits per heavy atom. The van der Waals surface area contributed by atoms with E-state index in [0.717, 1.165) is 36.5 Å². The Labute approximate surface area is 125 Å². The van der Waals surface area contributed by atoms with Crippen LogP contribution in [0.2, 0.25) is 0 Å². The first kappa shape index (κ1) is 14.3. The molecule has 0 aromatic carbocycles. The summed E-state index contributed by atoms with van der Waals surface area (Å²) >= 11 is 0. The fraction of sp³-hybridized carbons (Fsp3) is 0.625. The minimum absolute atomic E-state index is 0.0254. The van der Waals surface area contributed by atoms with Gasteiger partial charge in [0.05, 0.1) is 5.69 Å². The molecule has 0 radical (unpaired) electrons. The van der Waals surface area contributed by atoms with Crippen molar-refractivity contribution in [3.05, 3.63) is 24.2 Å². The third kappa shape index (κ3) is 2.88. The van der Waals surface area contributed by atoms with Gasteiger partial charge in [0.25, 0.3) is 0 Å². The molecule has 0 unspecified atom stereocenters. The van der Waals surface area contributed by atoms with Gasteiger partial charge >= 0.3 is 0 Å². The van der Waals surface area contributed by atoms with Crippen molar-refractivity contribution in [2.75, 3.05) is 13.6 Å². The predicted molar refractivity (Wildman–Crippen MR) is 82.8 cm³/mol. The van der Waals surface area contributed by atoms with E-state index in [1.165, 1.54) is 0 Å². The number of nitrogens with zero attached hydrogens (tertiary/aromatic N) is 3. The zero-order valence-corrected chi connectivity index (χ0v) is 13.3. The van der Waals surface area contributed by atoms with Gasteiger partial charge in [-0.3, -0.25) is 0 Å². The largest absolute Gasteiger partial charge is 0.473 e. The van der Waals surface area contributed by atoms with Crippen LogP contribution in [0.15, 0.2) is 18.5 Å². The van der Waals surface area contributed by atoms with E-state index in [4.69, 9.17) is 4.74 Å². The van der Waals surface area contributed by atoms with Crippen LogP contribution in [0.5, 0.6) is 5.88 Å². The average molecular weight is 288 g/mol. The van der Waals surface area contributed by atoms with E-state index in [-0.39, 0.29) is 11.5 Å². The fourth-order valence-corrected chi connectivity index (χ4v) is 2.74. The summed E-state index contributed by atoms with van der Waals surface area (Å²) < 4.78 is 7.93. The summed E-state index contributed by atoms with van der Waals surface area (Å²) in [7, 11) is 2.00. The highest BCUT2D eigenvalue weighted by molar-refractivity contribution is 5.57. The van der Waals surface area contributed by atoms with Crippen molar-refractivity contribution in [2.24, 2.45) is 5.92 Å². The normalized spacial score (nSPS) is 22.3. The SMILES string of the molecule is CNCC1CC(Oc2nccn3nc(C(C)(C)C)cc23)C1. The lowest BCUT2D eigenvalue weighted by atomic mass is 9.82. The van der Waals surface area contributed by atoms with E-state index in [0.29, 0.717) is 5.88 Å². The van der Waals surface area contributed by atoms with Gasteiger partial charge in [-0.2, -0.15) is 5.10 Å². The first-order chi connectivity index (χ1) is 9.97. The van der Waals surface area contributed by atoms with E-state index in [1.54, 1.807) is 6.20 Å². The van der Waals surface area contributed by atoms with E-state index >= 15 is 0 Å². The number of hydrogen-bond donors (Lipinski definition) is 1. The summed E-state index contributed by atoms with van der Waals surface area (Å²) in [5, 5.41) is 7.85. The lowest BCUT2D eigenvalue weighted by Gasteiger charge is -2.34. The zero-order valence-electron chi connectivity index (χ0n) is 13.3. The third-order valence-electron chi connectivity index (χ3n) is 4.09. The predicted octanol–water partition coefficient (Wildman–Crippen LogP) is 2.40. The Bertz CT molecular complexity index is 623. The van der Waals surface area contributed by atoms with Gasteiger partial charge < -0.3 is 10.1 Å². The van der Waals surface area contributed by atoms with Crippen LogP contribution in [-0.4, -0.2) is 34.3 Å². The second-order valence-corrected chi connectivity index (χ2v) is 6.98. The highest BCUT2D eigenvalue weighted by Gasteiger charge is 2.31. The van der Waals surface area contributed by atoms with Crippen LogP contribution in [0.4, 0.5) is 0 Å². The van der Waals surface area contributed by atoms with Crippen LogP contribution in [0.3, 0.4) is 0 Å². The first-order valence-electron chi connectivity index (χ1n) is 7.63. The van der Waals surface area contributed by atoms with Gasteiger partial charge in [0.15, 0.2) is 0 Å². The maximum atomic E-state index is 6.07. The van der Waals surface area contributed by atoms with Crippen LogP contribution in [0.1, 0.15) is 39.3 Å². The van der Waals surface area contributed by atoms with E-state index in [2.05, 4.69) is 42.2 Å². The van der Waals surface area contributed by atoms with Gasteiger partial charge in [0.1, 0.15) is 11.6 Å². The summed E-state index contributed by atoms with van der Waals surface area (Å²) in [5.41, 5.74) is 2.04. The second kappa shape index (κ2) is 5.30. The molecule has 5 nitrogen and oxygen atoms in total. The molecule has 114 valence electrons. The molecule has 1 saturated carbocycles. The van der Waals surface area contributed by atoms with Crippen molar-refractivity contribution in [1.29, 1.82) is 0 Å². The summed E-state index contributed by atoms with van der Waals surface area (Å²) in [6, 6.07) is 2.09. The molecule has 2 heterocycles. The minimum atomic E-state index is 0.0254. The molecule has 0 saturated heterocycles. The molecule has 0 spiro atoms. The molecule has 0 atom stereocenters. The van der Waals surface area contributed by atoms with E-state index in [1.807, 2.05) is 17.8 Å². The third-order valence-corrected chi connectivity index (χ3v) is 4.09. The number of fused-ring (bicyclic) bond motifs is 1. The number of ether oxygens (including phenoxy) is 1. The van der Waals surface area contributed by atoms with E-state index in [9.17, 15) is 0 Å². The van der Waals surface area contributed by atoms with Crippen molar-refractivity contribution in [2.45, 2.75) is 45.1 Å². The Balaban J connectivity index is 1.78. The Morgan fingerprint density at radius 2 is 2.14 bits per heavy atom. The van der Waals surface area contributed by atoms with Gasteiger partial charge in [-0.05, 0) is 38.4 Å². The van der Waals surface area contributed by atoms with Gasteiger partial charge in [0.2, 0.25) is 5.88 Å². The van der Waals surface area contributed by atoms with Gasteiger partial charge in [-0.1, -0.05) is 20.8 Å². The van der Waals surface area contributed by atoms with E-state index < -0.39 is 0 Å². The highest BCUT2D eigenvalue weighted by Crippen LogP contribution is 2.32. The van der Waals surface area contributed by atoms with Crippen LogP contribution in [-0.2, 0) is 5.41 Å². The highest BCUT2D eigenvalue weighted by atomic mass is 16.5. The molecule has 21 heavy (non-hydrogen) atoms. The molecule has 1 aliphatic rings. The van der Waals surface area contributed by atoms with Gasteiger partial charge in [-0.25, -0.2) is 9.50 Å². The topological polar surface area (TPSA) is 51.5 Å². The molecule has 0 bridgehead atoms. The van der Waals surface area contributed by atoms with Crippen LogP contribution < -0.4 is 10.1 Å². The smallest absolute Gasteiger partial charge is 0.240 e. The van der Waals surface area contributed by atoms with Gasteiger partial charge in [0, 0.05) is 17.8 Å². The molecule has 1 aliphatic carbocycles. The summed E-state index contributed by atoms with van der Waals surface area (Å²) in [6.07, 6.45) is 6.12. The molecule has 5 heteroatoms. The zero-order chi connectivity index (χ0) is 15.0. The maximum absolute atomic E-state index is 6.07. The van der Waals surface area contributed by atoms with Crippen molar-refractivity contribution < 1.29 is 4.74 Å². The monoisotopic (exact) mass is 288 g/mol. The molecule has 3 rings (SSSR count). The van der Waals surface area contributed by atoms with Crippen molar-refractivity contribution in [1.82, 2.24) is 19.9 Å². The van der Waals surface area contributed by atoms with Crippen molar-refractivity contribution in [3.63, 3.8) is 0 Å². The fourth-order valence-electron chi connectivity index (χ4n) is 2.74. The lowest BCUT2D eigenvalue weighted by molar-refractivity contribution is 0.0627. The molecular formula is C16H24N4O. The number of aromatic nitrogens is 3. The Morgan fingerprint density at radius 1 is 1.38 bits per heavy atom. The molecular weight excluding hydrogens is 264 g/mol. The molecule has 0 amide bonds. The van der Waals surface area contributed by atoms with Crippen LogP contribution in [0, 0.1) is 5.92 Å². The standard InChI is InChI=1S/C16H24N4O/c1-16(2,3)14-9-13-15(18-5-6-20(13)19-14)21-12-7-11(8-12)10-17-4/h5-6,9,11-12,17H,7-8,10H2,1-4H3. The van der Waals surface area contributed by atoms with Crippen LogP contribution in [0.25, 0.3) is 5.52 Å². The van der Waals surface area contributed by atoms with Crippen molar-refractivity contribution >= 4 is 5.52 Å². The number of hydrogen-bond acceptors (Lipinski definition) is 4. The Kier molecular flexibility index (Phi) is 3.61. The second-order valence-electron chi connectivity index (χ2n) is 6.98. The molecule has 2 aromatic rings. The number of nitrogens with one attached hydrogen (secondary N) is 1. The van der Waals surface area contributed by atoms with Crippen molar-refractivity contribution in [3.8, 4) is 5.88 Å². The molecule has 1 fully saturated rings. The molecule has 1 N–H and O–H groups in total. The Hall–Kier alpha value is -1.62. The van der Waals surface area contributed by atoms with Gasteiger partial charge in [-0.15, -0.1) is 0 Å². The van der Waals surface area contributed by atoms with Crippen LogP contribution >= 0.6 is 0 Å². The summed E-state index contributed by atoms with van der Waals surface area (Å²) in [4.78, 5) is 4.40. The lowest BCUT2D eigenvalue weighted by Crippen LogP contribution is -2.38. The quantitative estimate of drug-likeness (QED) is 0.938. The first-order valence-corrected chi connectivity index (χ1v) is 7.63. The minimum Gasteiger partial charge on any atom is -0.473 e. The summed E-state index contributed by atoms with van der Waals surface area (Å²) in [6.45, 7) is 7.56. The summed E-state index contributed by atoms with van der Waals surface area (Å²) in [5.74, 6) is 1.43.